The molecule has 1 aromatic heterocycles. The van der Waals surface area contributed by atoms with E-state index in [0.29, 0.717) is 11.4 Å². The fourth-order valence-corrected chi connectivity index (χ4v) is 2.86. The fraction of sp³-hybridized carbons (Fsp3) is 0.312. The van der Waals surface area contributed by atoms with Crippen LogP contribution >= 0.6 is 11.3 Å². The number of nitrogens with zero attached hydrogens (tertiary/aromatic N) is 2. The maximum atomic E-state index is 11.9. The smallest absolute Gasteiger partial charge is 0.156 e. The number of hydrogen-bond acceptors (Lipinski definition) is 5. The van der Waals surface area contributed by atoms with Gasteiger partial charge in [0.05, 0.1) is 18.9 Å². The second kappa shape index (κ2) is 7.00. The molecule has 0 aliphatic heterocycles. The first-order valence-corrected chi connectivity index (χ1v) is 7.59. The third-order valence-electron chi connectivity index (χ3n) is 3.10. The zero-order chi connectivity index (χ0) is 15.2. The molecule has 0 fully saturated rings. The number of carbonyl (C=O) groups is 1. The van der Waals surface area contributed by atoms with Gasteiger partial charge >= 0.3 is 0 Å². The summed E-state index contributed by atoms with van der Waals surface area (Å²) in [6, 6.07) is 9.60. The van der Waals surface area contributed by atoms with Gasteiger partial charge in [-0.2, -0.15) is 5.26 Å². The molecule has 0 unspecified atom stereocenters. The maximum Gasteiger partial charge on any atom is 0.156 e. The average molecular weight is 300 g/mol. The lowest BCUT2D eigenvalue weighted by Crippen LogP contribution is -2.09. The highest BCUT2D eigenvalue weighted by atomic mass is 32.1. The number of nitriles is 1. The summed E-state index contributed by atoms with van der Waals surface area (Å²) in [4.78, 5) is 16.4. The lowest BCUT2D eigenvalue weighted by atomic mass is 10.0. The van der Waals surface area contributed by atoms with Crippen molar-refractivity contribution in [1.29, 1.82) is 5.26 Å². The van der Waals surface area contributed by atoms with Gasteiger partial charge in [0.25, 0.3) is 0 Å². The molecule has 0 saturated heterocycles. The normalized spacial score (nSPS) is 11.7. The van der Waals surface area contributed by atoms with E-state index in [4.69, 9.17) is 4.74 Å². The van der Waals surface area contributed by atoms with Crippen molar-refractivity contribution in [2.75, 3.05) is 7.11 Å². The molecule has 108 valence electrons. The predicted octanol–water partition coefficient (Wildman–Crippen LogP) is 3.80. The van der Waals surface area contributed by atoms with E-state index in [9.17, 15) is 10.1 Å². The first-order chi connectivity index (χ1) is 10.2. The first kappa shape index (κ1) is 15.2. The standard InChI is InChI=1S/C16H16N2O2S/c1-3-4-15(19)13(9-17)16-18-14(10-21-16)11-5-7-12(20-2)8-6-11/h5-8,10,13H,3-4H2,1-2H3/t13-/m1/s1. The van der Waals surface area contributed by atoms with Crippen LogP contribution in [0.5, 0.6) is 5.75 Å². The number of Topliss-reactive ketones (excluding diaryl/α,β-unsaturated/α-hetero) is 1. The fourth-order valence-electron chi connectivity index (χ4n) is 1.97. The second-order valence-electron chi connectivity index (χ2n) is 4.58. The molecular weight excluding hydrogens is 284 g/mol. The Bertz CT molecular complexity index is 656. The molecule has 0 radical (unpaired) electrons. The van der Waals surface area contributed by atoms with Gasteiger partial charge in [-0.25, -0.2) is 4.98 Å². The van der Waals surface area contributed by atoms with Crippen LogP contribution in [0.3, 0.4) is 0 Å². The molecule has 1 aromatic carbocycles. The van der Waals surface area contributed by atoms with Crippen molar-refractivity contribution in [1.82, 2.24) is 4.98 Å². The first-order valence-electron chi connectivity index (χ1n) is 6.71. The third kappa shape index (κ3) is 3.47. The van der Waals surface area contributed by atoms with E-state index in [1.54, 1.807) is 7.11 Å². The highest BCUT2D eigenvalue weighted by Crippen LogP contribution is 2.28. The van der Waals surface area contributed by atoms with Crippen molar-refractivity contribution in [2.45, 2.75) is 25.7 Å². The number of rotatable bonds is 6. The van der Waals surface area contributed by atoms with Gasteiger partial charge in [-0.1, -0.05) is 6.92 Å². The highest BCUT2D eigenvalue weighted by Gasteiger charge is 2.22. The van der Waals surface area contributed by atoms with E-state index < -0.39 is 5.92 Å². The molecule has 21 heavy (non-hydrogen) atoms. The Labute approximate surface area is 128 Å². The van der Waals surface area contributed by atoms with Crippen LogP contribution in [-0.4, -0.2) is 17.9 Å². The Hall–Kier alpha value is -2.19. The lowest BCUT2D eigenvalue weighted by molar-refractivity contribution is -0.119. The largest absolute Gasteiger partial charge is 0.497 e. The molecule has 2 aromatic rings. The van der Waals surface area contributed by atoms with Crippen molar-refractivity contribution in [3.8, 4) is 23.1 Å². The van der Waals surface area contributed by atoms with E-state index in [-0.39, 0.29) is 5.78 Å². The van der Waals surface area contributed by atoms with Gasteiger partial charge in [0.15, 0.2) is 11.7 Å². The summed E-state index contributed by atoms with van der Waals surface area (Å²) in [5, 5.41) is 11.7. The molecule has 4 nitrogen and oxygen atoms in total. The molecule has 0 bridgehead atoms. The van der Waals surface area contributed by atoms with Crippen molar-refractivity contribution < 1.29 is 9.53 Å². The Kier molecular flexibility index (Phi) is 5.07. The molecule has 0 saturated carbocycles. The van der Waals surface area contributed by atoms with E-state index in [1.165, 1.54) is 11.3 Å². The van der Waals surface area contributed by atoms with Crippen LogP contribution in [0.4, 0.5) is 0 Å². The minimum atomic E-state index is -0.748. The summed E-state index contributed by atoms with van der Waals surface area (Å²) < 4.78 is 5.12. The van der Waals surface area contributed by atoms with Crippen LogP contribution in [0, 0.1) is 11.3 Å². The van der Waals surface area contributed by atoms with Gasteiger partial charge in [-0.15, -0.1) is 11.3 Å². The number of carbonyl (C=O) groups excluding carboxylic acids is 1. The molecule has 0 N–H and O–H groups in total. The topological polar surface area (TPSA) is 63.0 Å². The third-order valence-corrected chi connectivity index (χ3v) is 4.01. The Balaban J connectivity index is 2.24. The number of methoxy groups -OCH3 is 1. The second-order valence-corrected chi connectivity index (χ2v) is 5.47. The monoisotopic (exact) mass is 300 g/mol. The molecule has 2 rings (SSSR count). The summed E-state index contributed by atoms with van der Waals surface area (Å²) in [6.45, 7) is 1.93. The molecule has 1 heterocycles. The summed E-state index contributed by atoms with van der Waals surface area (Å²) in [7, 11) is 1.62. The Morgan fingerprint density at radius 2 is 2.14 bits per heavy atom. The molecular formula is C16H16N2O2S. The lowest BCUT2D eigenvalue weighted by Gasteiger charge is -2.03. The molecule has 0 aliphatic rings. The van der Waals surface area contributed by atoms with Crippen LogP contribution in [0.2, 0.25) is 0 Å². The van der Waals surface area contributed by atoms with E-state index in [0.717, 1.165) is 23.4 Å². The van der Waals surface area contributed by atoms with E-state index in [2.05, 4.69) is 11.1 Å². The number of ether oxygens (including phenoxy) is 1. The summed E-state index contributed by atoms with van der Waals surface area (Å²) in [6.07, 6.45) is 1.16. The SMILES string of the molecule is CCCC(=O)[C@@H](C#N)c1nc(-c2ccc(OC)cc2)cs1. The number of benzene rings is 1. The zero-order valence-electron chi connectivity index (χ0n) is 12.0. The summed E-state index contributed by atoms with van der Waals surface area (Å²) in [5.74, 6) is -0.0280. The molecule has 0 amide bonds. The summed E-state index contributed by atoms with van der Waals surface area (Å²) in [5.41, 5.74) is 1.72. The van der Waals surface area contributed by atoms with Gasteiger partial charge in [0, 0.05) is 17.4 Å². The minimum Gasteiger partial charge on any atom is -0.497 e. The molecule has 0 aliphatic carbocycles. The molecule has 1 atom stereocenters. The Morgan fingerprint density at radius 3 is 2.71 bits per heavy atom. The van der Waals surface area contributed by atoms with Crippen molar-refractivity contribution in [3.05, 3.63) is 34.7 Å². The van der Waals surface area contributed by atoms with Crippen LogP contribution in [0.25, 0.3) is 11.3 Å². The van der Waals surface area contributed by atoms with Gasteiger partial charge in [0.1, 0.15) is 10.8 Å². The van der Waals surface area contributed by atoms with Crippen LogP contribution in [0.15, 0.2) is 29.6 Å². The van der Waals surface area contributed by atoms with Gasteiger partial charge in [-0.3, -0.25) is 4.79 Å². The number of ketones is 1. The van der Waals surface area contributed by atoms with E-state index in [1.807, 2.05) is 36.6 Å². The quantitative estimate of drug-likeness (QED) is 0.814. The average Bonchev–Trinajstić information content (AvgIpc) is 2.98. The number of hydrogen-bond donors (Lipinski definition) is 0. The van der Waals surface area contributed by atoms with E-state index >= 15 is 0 Å². The van der Waals surface area contributed by atoms with Gasteiger partial charge < -0.3 is 4.74 Å². The van der Waals surface area contributed by atoms with Gasteiger partial charge in [-0.05, 0) is 30.7 Å². The van der Waals surface area contributed by atoms with Crippen molar-refractivity contribution in [3.63, 3.8) is 0 Å². The predicted molar refractivity (Wildman–Crippen MR) is 82.4 cm³/mol. The Morgan fingerprint density at radius 1 is 1.43 bits per heavy atom. The molecule has 5 heteroatoms. The van der Waals surface area contributed by atoms with Crippen molar-refractivity contribution in [2.24, 2.45) is 0 Å². The maximum absolute atomic E-state index is 11.9. The van der Waals surface area contributed by atoms with Crippen LogP contribution < -0.4 is 4.74 Å². The van der Waals surface area contributed by atoms with Crippen molar-refractivity contribution >= 4 is 17.1 Å². The minimum absolute atomic E-state index is 0.0596. The summed E-state index contributed by atoms with van der Waals surface area (Å²) >= 11 is 1.36. The zero-order valence-corrected chi connectivity index (χ0v) is 12.8. The number of thiazole rings is 1. The molecule has 0 spiro atoms. The van der Waals surface area contributed by atoms with Crippen LogP contribution in [-0.2, 0) is 4.79 Å². The number of aromatic nitrogens is 1. The van der Waals surface area contributed by atoms with Crippen LogP contribution in [0.1, 0.15) is 30.7 Å². The van der Waals surface area contributed by atoms with Gasteiger partial charge in [0.2, 0.25) is 0 Å². The highest BCUT2D eigenvalue weighted by molar-refractivity contribution is 7.10.